The van der Waals surface area contributed by atoms with Gasteiger partial charge in [0.25, 0.3) is 0 Å². The first-order chi connectivity index (χ1) is 10.8. The molecule has 0 aromatic heterocycles. The van der Waals surface area contributed by atoms with Crippen molar-refractivity contribution in [3.8, 4) is 5.75 Å². The van der Waals surface area contributed by atoms with Crippen molar-refractivity contribution in [1.29, 1.82) is 0 Å². The molecule has 0 aliphatic carbocycles. The summed E-state index contributed by atoms with van der Waals surface area (Å²) in [6.07, 6.45) is 3.08. The summed E-state index contributed by atoms with van der Waals surface area (Å²) < 4.78 is 18.9. The maximum Gasteiger partial charge on any atom is 0.123 e. The van der Waals surface area contributed by atoms with Crippen LogP contribution in [0.15, 0.2) is 58.3 Å². The van der Waals surface area contributed by atoms with Gasteiger partial charge in [0.1, 0.15) is 11.6 Å². The highest BCUT2D eigenvalue weighted by Crippen LogP contribution is 2.36. The Morgan fingerprint density at radius 2 is 1.95 bits per heavy atom. The zero-order chi connectivity index (χ0) is 15.4. The number of ether oxygens (including phenoxy) is 1. The summed E-state index contributed by atoms with van der Waals surface area (Å²) in [4.78, 5) is 2.20. The molecule has 0 saturated heterocycles. The molecule has 4 heteroatoms. The number of nitrogens with one attached hydrogen (secondary N) is 1. The lowest BCUT2D eigenvalue weighted by atomic mass is 10.0. The molecule has 22 heavy (non-hydrogen) atoms. The number of rotatable bonds is 4. The van der Waals surface area contributed by atoms with E-state index in [0.717, 1.165) is 40.6 Å². The summed E-state index contributed by atoms with van der Waals surface area (Å²) in [6, 6.07) is 13.0. The van der Waals surface area contributed by atoms with Crippen molar-refractivity contribution in [3.05, 3.63) is 59.9 Å². The Morgan fingerprint density at radius 3 is 2.64 bits per heavy atom. The zero-order valence-corrected chi connectivity index (χ0v) is 13.3. The van der Waals surface area contributed by atoms with E-state index in [1.54, 1.807) is 24.9 Å². The summed E-state index contributed by atoms with van der Waals surface area (Å²) in [5, 5.41) is 3.29. The highest BCUT2D eigenvalue weighted by molar-refractivity contribution is 7.99. The van der Waals surface area contributed by atoms with Crippen LogP contribution in [0.4, 0.5) is 4.39 Å². The predicted molar refractivity (Wildman–Crippen MR) is 89.0 cm³/mol. The van der Waals surface area contributed by atoms with Gasteiger partial charge in [-0.1, -0.05) is 17.8 Å². The third kappa shape index (κ3) is 3.51. The van der Waals surface area contributed by atoms with E-state index in [-0.39, 0.29) is 5.82 Å². The molecule has 2 nitrogen and oxygen atoms in total. The van der Waals surface area contributed by atoms with Gasteiger partial charge in [0, 0.05) is 16.3 Å². The standard InChI is InChI=1S/C18H18FNOS/c1-21-15-3-5-16(6-4-15)22-18-7-2-14(19)12-17(18)13-8-10-20-11-9-13/h2-8,12,20H,9-11H2,1H3. The Morgan fingerprint density at radius 1 is 1.14 bits per heavy atom. The molecule has 0 bridgehead atoms. The zero-order valence-electron chi connectivity index (χ0n) is 12.4. The number of methoxy groups -OCH3 is 1. The first kappa shape index (κ1) is 15.1. The van der Waals surface area contributed by atoms with E-state index in [0.29, 0.717) is 0 Å². The molecule has 3 rings (SSSR count). The fourth-order valence-corrected chi connectivity index (χ4v) is 3.44. The largest absolute Gasteiger partial charge is 0.497 e. The first-order valence-electron chi connectivity index (χ1n) is 7.28. The highest BCUT2D eigenvalue weighted by atomic mass is 32.2. The Bertz CT molecular complexity index is 682. The van der Waals surface area contributed by atoms with Gasteiger partial charge in [-0.3, -0.25) is 0 Å². The van der Waals surface area contributed by atoms with Crippen LogP contribution in [0.3, 0.4) is 0 Å². The topological polar surface area (TPSA) is 21.3 Å². The van der Waals surface area contributed by atoms with Gasteiger partial charge in [-0.2, -0.15) is 0 Å². The molecule has 1 heterocycles. The number of benzene rings is 2. The van der Waals surface area contributed by atoms with Crippen LogP contribution >= 0.6 is 11.8 Å². The maximum absolute atomic E-state index is 13.7. The van der Waals surface area contributed by atoms with E-state index in [1.165, 1.54) is 11.6 Å². The van der Waals surface area contributed by atoms with Crippen LogP contribution in [0.1, 0.15) is 12.0 Å². The quantitative estimate of drug-likeness (QED) is 0.905. The minimum Gasteiger partial charge on any atom is -0.497 e. The van der Waals surface area contributed by atoms with Crippen LogP contribution < -0.4 is 10.1 Å². The second kappa shape index (κ2) is 6.99. The molecule has 1 N–H and O–H groups in total. The summed E-state index contributed by atoms with van der Waals surface area (Å²) >= 11 is 1.65. The second-order valence-corrected chi connectivity index (χ2v) is 6.22. The third-order valence-electron chi connectivity index (χ3n) is 3.64. The molecule has 114 valence electrons. The average molecular weight is 315 g/mol. The maximum atomic E-state index is 13.7. The molecule has 0 amide bonds. The van der Waals surface area contributed by atoms with E-state index in [4.69, 9.17) is 4.74 Å². The molecule has 0 radical (unpaired) electrons. The number of hydrogen-bond acceptors (Lipinski definition) is 3. The highest BCUT2D eigenvalue weighted by Gasteiger charge is 2.12. The van der Waals surface area contributed by atoms with Gasteiger partial charge in [-0.15, -0.1) is 0 Å². The fourth-order valence-electron chi connectivity index (χ4n) is 2.48. The Balaban J connectivity index is 1.90. The van der Waals surface area contributed by atoms with Crippen LogP contribution in [0, 0.1) is 5.82 Å². The molecule has 2 aromatic carbocycles. The van der Waals surface area contributed by atoms with Gasteiger partial charge in [0.05, 0.1) is 7.11 Å². The SMILES string of the molecule is COc1ccc(Sc2ccc(F)cc2C2=CCNCC2)cc1. The predicted octanol–water partition coefficient (Wildman–Crippen LogP) is 4.36. The summed E-state index contributed by atoms with van der Waals surface area (Å²) in [6.45, 7) is 1.79. The van der Waals surface area contributed by atoms with Crippen LogP contribution in [0.5, 0.6) is 5.75 Å². The van der Waals surface area contributed by atoms with E-state index in [2.05, 4.69) is 11.4 Å². The molecule has 2 aromatic rings. The first-order valence-corrected chi connectivity index (χ1v) is 8.09. The van der Waals surface area contributed by atoms with Crippen molar-refractivity contribution in [3.63, 3.8) is 0 Å². The molecule has 0 spiro atoms. The second-order valence-electron chi connectivity index (χ2n) is 5.10. The molecule has 0 fully saturated rings. The van der Waals surface area contributed by atoms with Crippen molar-refractivity contribution in [2.45, 2.75) is 16.2 Å². The summed E-state index contributed by atoms with van der Waals surface area (Å²) in [5.74, 6) is 0.651. The van der Waals surface area contributed by atoms with Gasteiger partial charge in [-0.05, 0) is 66.6 Å². The fraction of sp³-hybridized carbons (Fsp3) is 0.222. The average Bonchev–Trinajstić information content (AvgIpc) is 2.58. The summed E-state index contributed by atoms with van der Waals surface area (Å²) in [7, 11) is 1.66. The van der Waals surface area contributed by atoms with Crippen molar-refractivity contribution < 1.29 is 9.13 Å². The van der Waals surface area contributed by atoms with Crippen LogP contribution in [-0.4, -0.2) is 20.2 Å². The van der Waals surface area contributed by atoms with E-state index in [9.17, 15) is 4.39 Å². The molecule has 1 aliphatic heterocycles. The minimum absolute atomic E-state index is 0.187. The van der Waals surface area contributed by atoms with Gasteiger partial charge < -0.3 is 10.1 Å². The third-order valence-corrected chi connectivity index (χ3v) is 4.72. The molecule has 1 aliphatic rings. The van der Waals surface area contributed by atoms with E-state index < -0.39 is 0 Å². The van der Waals surface area contributed by atoms with E-state index >= 15 is 0 Å². The molecular formula is C18H18FNOS. The van der Waals surface area contributed by atoms with Gasteiger partial charge >= 0.3 is 0 Å². The normalized spacial score (nSPS) is 14.5. The van der Waals surface area contributed by atoms with Gasteiger partial charge in [-0.25, -0.2) is 4.39 Å². The monoisotopic (exact) mass is 315 g/mol. The Kier molecular flexibility index (Phi) is 4.80. The Hall–Kier alpha value is -1.78. The molecule has 0 unspecified atom stereocenters. The Labute approximate surface area is 134 Å². The lowest BCUT2D eigenvalue weighted by Gasteiger charge is -2.17. The number of halogens is 1. The van der Waals surface area contributed by atoms with Crippen molar-refractivity contribution in [1.82, 2.24) is 5.32 Å². The minimum atomic E-state index is -0.187. The van der Waals surface area contributed by atoms with Crippen molar-refractivity contribution in [2.75, 3.05) is 20.2 Å². The molecule has 0 atom stereocenters. The van der Waals surface area contributed by atoms with Crippen molar-refractivity contribution >= 4 is 17.3 Å². The number of hydrogen-bond donors (Lipinski definition) is 1. The van der Waals surface area contributed by atoms with Crippen LogP contribution in [0.25, 0.3) is 5.57 Å². The lowest BCUT2D eigenvalue weighted by Crippen LogP contribution is -2.20. The van der Waals surface area contributed by atoms with Crippen LogP contribution in [0.2, 0.25) is 0 Å². The van der Waals surface area contributed by atoms with Crippen LogP contribution in [-0.2, 0) is 0 Å². The van der Waals surface area contributed by atoms with Crippen molar-refractivity contribution in [2.24, 2.45) is 0 Å². The van der Waals surface area contributed by atoms with E-state index in [1.807, 2.05) is 30.3 Å². The molecule has 0 saturated carbocycles. The van der Waals surface area contributed by atoms with Gasteiger partial charge in [0.2, 0.25) is 0 Å². The summed E-state index contributed by atoms with van der Waals surface area (Å²) in [5.41, 5.74) is 2.22. The van der Waals surface area contributed by atoms with Gasteiger partial charge in [0.15, 0.2) is 0 Å². The smallest absolute Gasteiger partial charge is 0.123 e. The lowest BCUT2D eigenvalue weighted by molar-refractivity contribution is 0.414. The molecular weight excluding hydrogens is 297 g/mol.